The van der Waals surface area contributed by atoms with Crippen LogP contribution in [0, 0.1) is 5.92 Å². The summed E-state index contributed by atoms with van der Waals surface area (Å²) in [5, 5.41) is 2.84. The van der Waals surface area contributed by atoms with Gasteiger partial charge in [-0.25, -0.2) is 4.98 Å². The molecule has 0 saturated carbocycles. The van der Waals surface area contributed by atoms with Gasteiger partial charge in [0.05, 0.1) is 27.8 Å². The molecule has 0 spiro atoms. The molecule has 1 aliphatic rings. The predicted molar refractivity (Wildman–Crippen MR) is 112 cm³/mol. The molecule has 0 radical (unpaired) electrons. The second kappa shape index (κ2) is 9.96. The van der Waals surface area contributed by atoms with Gasteiger partial charge in [0.15, 0.2) is 11.5 Å². The zero-order valence-electron chi connectivity index (χ0n) is 17.5. The van der Waals surface area contributed by atoms with E-state index in [-0.39, 0.29) is 24.2 Å². The lowest BCUT2D eigenvalue weighted by molar-refractivity contribution is -0.133. The molecule has 1 fully saturated rings. The normalized spacial score (nSPS) is 14.2. The number of piperidine rings is 1. The first kappa shape index (κ1) is 21.4. The van der Waals surface area contributed by atoms with E-state index in [1.165, 1.54) is 0 Å². The van der Waals surface area contributed by atoms with E-state index >= 15 is 0 Å². The number of likely N-dealkylation sites (tertiary alicyclic amines) is 1. The molecule has 2 aromatic rings. The number of ether oxygens (including phenoxy) is 3. The van der Waals surface area contributed by atoms with Crippen molar-refractivity contribution in [2.24, 2.45) is 5.92 Å². The minimum Gasteiger partial charge on any atom is -0.493 e. The molecule has 8 nitrogen and oxygen atoms in total. The van der Waals surface area contributed by atoms with Crippen LogP contribution in [0.3, 0.4) is 0 Å². The maximum atomic E-state index is 12.8. The summed E-state index contributed by atoms with van der Waals surface area (Å²) in [4.78, 5) is 31.2. The molecule has 0 aliphatic carbocycles. The summed E-state index contributed by atoms with van der Waals surface area (Å²) in [7, 11) is 4.63. The summed E-state index contributed by atoms with van der Waals surface area (Å²) in [5.74, 6) is 1.91. The van der Waals surface area contributed by atoms with Gasteiger partial charge < -0.3 is 24.4 Å². The van der Waals surface area contributed by atoms with Gasteiger partial charge >= 0.3 is 0 Å². The van der Waals surface area contributed by atoms with Crippen LogP contribution < -0.4 is 19.5 Å². The fraction of sp³-hybridized carbons (Fsp3) is 0.409. The van der Waals surface area contributed by atoms with Crippen molar-refractivity contribution in [2.45, 2.75) is 19.3 Å². The third kappa shape index (κ3) is 5.00. The molecule has 0 unspecified atom stereocenters. The summed E-state index contributed by atoms with van der Waals surface area (Å²) >= 11 is 0. The molecule has 0 bridgehead atoms. The van der Waals surface area contributed by atoms with Crippen LogP contribution in [0.1, 0.15) is 18.4 Å². The van der Waals surface area contributed by atoms with Gasteiger partial charge in [0.25, 0.3) is 0 Å². The molecule has 30 heavy (non-hydrogen) atoms. The van der Waals surface area contributed by atoms with Crippen LogP contribution in [0.2, 0.25) is 0 Å². The van der Waals surface area contributed by atoms with Crippen molar-refractivity contribution in [3.05, 3.63) is 42.1 Å². The Bertz CT molecular complexity index is 855. The number of benzene rings is 1. The number of pyridine rings is 1. The molecule has 2 heterocycles. The molecule has 1 aromatic heterocycles. The minimum absolute atomic E-state index is 0.00728. The molecule has 8 heteroatoms. The van der Waals surface area contributed by atoms with Crippen LogP contribution in [0.15, 0.2) is 36.5 Å². The summed E-state index contributed by atoms with van der Waals surface area (Å²) in [6.45, 7) is 1.09. The second-order valence-electron chi connectivity index (χ2n) is 7.07. The third-order valence-corrected chi connectivity index (χ3v) is 5.21. The summed E-state index contributed by atoms with van der Waals surface area (Å²) in [6.07, 6.45) is 3.11. The number of hydrogen-bond donors (Lipinski definition) is 1. The van der Waals surface area contributed by atoms with E-state index in [1.54, 1.807) is 56.7 Å². The number of carbonyl (C=O) groups is 2. The van der Waals surface area contributed by atoms with Gasteiger partial charge in [-0.3, -0.25) is 9.59 Å². The largest absolute Gasteiger partial charge is 0.493 e. The summed E-state index contributed by atoms with van der Waals surface area (Å²) in [5.41, 5.74) is 0.782. The molecular weight excluding hydrogens is 386 g/mol. The Kier molecular flexibility index (Phi) is 7.11. The van der Waals surface area contributed by atoms with E-state index in [1.807, 2.05) is 6.07 Å². The highest BCUT2D eigenvalue weighted by Crippen LogP contribution is 2.38. The van der Waals surface area contributed by atoms with Crippen molar-refractivity contribution < 1.29 is 23.8 Å². The first-order valence-electron chi connectivity index (χ1n) is 9.84. The van der Waals surface area contributed by atoms with Gasteiger partial charge in [0, 0.05) is 25.2 Å². The smallest absolute Gasteiger partial charge is 0.228 e. The number of methoxy groups -OCH3 is 3. The van der Waals surface area contributed by atoms with Gasteiger partial charge in [0.2, 0.25) is 17.6 Å². The van der Waals surface area contributed by atoms with E-state index in [2.05, 4.69) is 10.3 Å². The van der Waals surface area contributed by atoms with Crippen LogP contribution in [-0.4, -0.2) is 56.1 Å². The standard InChI is InChI=1S/C22H27N3O5/c1-28-17-12-15(13-18(29-2)21(17)30-3)14-20(26)25-10-7-16(8-11-25)22(27)24-19-6-4-5-9-23-19/h4-6,9,12-13,16H,7-8,10-11,14H2,1-3H3,(H,23,24,27). The van der Waals surface area contributed by atoms with Gasteiger partial charge in [0.1, 0.15) is 5.82 Å². The highest BCUT2D eigenvalue weighted by atomic mass is 16.5. The zero-order valence-corrected chi connectivity index (χ0v) is 17.5. The average molecular weight is 413 g/mol. The van der Waals surface area contributed by atoms with E-state index in [0.717, 1.165) is 5.56 Å². The number of hydrogen-bond acceptors (Lipinski definition) is 6. The van der Waals surface area contributed by atoms with Crippen LogP contribution in [0.4, 0.5) is 5.82 Å². The van der Waals surface area contributed by atoms with E-state index < -0.39 is 0 Å². The van der Waals surface area contributed by atoms with Crippen molar-refractivity contribution in [2.75, 3.05) is 39.7 Å². The highest BCUT2D eigenvalue weighted by molar-refractivity contribution is 5.92. The van der Waals surface area contributed by atoms with Crippen molar-refractivity contribution in [1.29, 1.82) is 0 Å². The van der Waals surface area contributed by atoms with Gasteiger partial charge in [-0.1, -0.05) is 6.07 Å². The molecule has 1 aromatic carbocycles. The van der Waals surface area contributed by atoms with Crippen molar-refractivity contribution in [3.8, 4) is 17.2 Å². The fourth-order valence-corrected chi connectivity index (χ4v) is 3.58. The Balaban J connectivity index is 1.57. The second-order valence-corrected chi connectivity index (χ2v) is 7.07. The molecular formula is C22H27N3O5. The number of nitrogens with zero attached hydrogens (tertiary/aromatic N) is 2. The molecule has 1 saturated heterocycles. The minimum atomic E-state index is -0.128. The number of rotatable bonds is 7. The van der Waals surface area contributed by atoms with Crippen molar-refractivity contribution in [1.82, 2.24) is 9.88 Å². The predicted octanol–water partition coefficient (Wildman–Crippen LogP) is 2.53. The van der Waals surface area contributed by atoms with Crippen LogP contribution >= 0.6 is 0 Å². The summed E-state index contributed by atoms with van der Waals surface area (Å²) < 4.78 is 16.0. The number of anilines is 1. The van der Waals surface area contributed by atoms with E-state index in [9.17, 15) is 9.59 Å². The maximum absolute atomic E-state index is 12.8. The van der Waals surface area contributed by atoms with Gasteiger partial charge in [-0.2, -0.15) is 0 Å². The SMILES string of the molecule is COc1cc(CC(=O)N2CCC(C(=O)Nc3ccccn3)CC2)cc(OC)c1OC. The van der Waals surface area contributed by atoms with Gasteiger partial charge in [-0.05, 0) is 42.7 Å². The Morgan fingerprint density at radius 1 is 1.07 bits per heavy atom. The number of amides is 2. The molecule has 160 valence electrons. The number of carbonyl (C=O) groups excluding carboxylic acids is 2. The molecule has 3 rings (SSSR count). The zero-order chi connectivity index (χ0) is 21.5. The Hall–Kier alpha value is -3.29. The van der Waals surface area contributed by atoms with Crippen molar-refractivity contribution >= 4 is 17.6 Å². The molecule has 1 aliphatic heterocycles. The van der Waals surface area contributed by atoms with Crippen LogP contribution in [0.5, 0.6) is 17.2 Å². The van der Waals surface area contributed by atoms with Crippen molar-refractivity contribution in [3.63, 3.8) is 0 Å². The van der Waals surface area contributed by atoms with Gasteiger partial charge in [-0.15, -0.1) is 0 Å². The monoisotopic (exact) mass is 413 g/mol. The lowest BCUT2D eigenvalue weighted by Gasteiger charge is -2.31. The lowest BCUT2D eigenvalue weighted by atomic mass is 9.95. The number of nitrogens with one attached hydrogen (secondary N) is 1. The highest BCUT2D eigenvalue weighted by Gasteiger charge is 2.28. The molecule has 0 atom stereocenters. The van der Waals surface area contributed by atoms with Crippen LogP contribution in [0.25, 0.3) is 0 Å². The Morgan fingerprint density at radius 3 is 2.27 bits per heavy atom. The molecule has 2 amide bonds. The Labute approximate surface area is 176 Å². The maximum Gasteiger partial charge on any atom is 0.228 e. The first-order chi connectivity index (χ1) is 14.5. The lowest BCUT2D eigenvalue weighted by Crippen LogP contribution is -2.42. The first-order valence-corrected chi connectivity index (χ1v) is 9.84. The average Bonchev–Trinajstić information content (AvgIpc) is 2.79. The fourth-order valence-electron chi connectivity index (χ4n) is 3.58. The summed E-state index contributed by atoms with van der Waals surface area (Å²) in [6, 6.07) is 8.95. The Morgan fingerprint density at radius 2 is 1.73 bits per heavy atom. The quantitative estimate of drug-likeness (QED) is 0.750. The third-order valence-electron chi connectivity index (χ3n) is 5.21. The van der Waals surface area contributed by atoms with Crippen LogP contribution in [-0.2, 0) is 16.0 Å². The number of aromatic nitrogens is 1. The topological polar surface area (TPSA) is 90.0 Å². The molecule has 1 N–H and O–H groups in total. The van der Waals surface area contributed by atoms with E-state index in [4.69, 9.17) is 14.2 Å². The van der Waals surface area contributed by atoms with E-state index in [0.29, 0.717) is 49.0 Å².